The van der Waals surface area contributed by atoms with Gasteiger partial charge in [-0.3, -0.25) is 0 Å². The predicted octanol–water partition coefficient (Wildman–Crippen LogP) is 3.91. The van der Waals surface area contributed by atoms with Crippen molar-refractivity contribution in [1.82, 2.24) is 10.2 Å². The predicted molar refractivity (Wildman–Crippen MR) is 85.6 cm³/mol. The van der Waals surface area contributed by atoms with Crippen LogP contribution in [0.5, 0.6) is 0 Å². The summed E-state index contributed by atoms with van der Waals surface area (Å²) in [5.41, 5.74) is 0. The van der Waals surface area contributed by atoms with Gasteiger partial charge in [-0.1, -0.05) is 34.1 Å². The van der Waals surface area contributed by atoms with E-state index >= 15 is 0 Å². The number of hydrogen-bond donors (Lipinski definition) is 1. The van der Waals surface area contributed by atoms with E-state index in [-0.39, 0.29) is 0 Å². The molecular formula is C17H36N2. The molecule has 0 radical (unpaired) electrons. The molecule has 0 unspecified atom stereocenters. The van der Waals surface area contributed by atoms with Gasteiger partial charge in [-0.05, 0) is 70.1 Å². The Bertz CT molecular complexity index is 197. The molecule has 0 aliphatic carbocycles. The number of likely N-dealkylation sites (tertiary alicyclic amines) is 1. The molecule has 0 aromatic rings. The number of piperidine rings is 1. The van der Waals surface area contributed by atoms with Crippen LogP contribution in [0.2, 0.25) is 0 Å². The molecule has 0 aromatic carbocycles. The fourth-order valence-corrected chi connectivity index (χ4v) is 3.19. The van der Waals surface area contributed by atoms with Crippen molar-refractivity contribution < 1.29 is 0 Å². The lowest BCUT2D eigenvalue weighted by Gasteiger charge is -2.27. The van der Waals surface area contributed by atoms with Crippen molar-refractivity contribution in [1.29, 1.82) is 0 Å². The van der Waals surface area contributed by atoms with E-state index in [0.29, 0.717) is 0 Å². The minimum Gasteiger partial charge on any atom is -0.314 e. The highest BCUT2D eigenvalue weighted by atomic mass is 15.1. The normalized spacial score (nSPS) is 17.8. The summed E-state index contributed by atoms with van der Waals surface area (Å²) in [5, 5.41) is 3.80. The van der Waals surface area contributed by atoms with E-state index in [4.69, 9.17) is 0 Å². The summed E-state index contributed by atoms with van der Waals surface area (Å²) in [6.07, 6.45) is 8.23. The van der Waals surface area contributed by atoms with Crippen LogP contribution in [0.3, 0.4) is 0 Å². The summed E-state index contributed by atoms with van der Waals surface area (Å²) in [5.74, 6) is 1.61. The lowest BCUT2D eigenvalue weighted by Crippen LogP contribution is -2.36. The van der Waals surface area contributed by atoms with Crippen molar-refractivity contribution in [3.05, 3.63) is 0 Å². The minimum atomic E-state index is 0.723. The molecule has 1 aliphatic rings. The van der Waals surface area contributed by atoms with Gasteiger partial charge in [0.05, 0.1) is 0 Å². The van der Waals surface area contributed by atoms with E-state index in [9.17, 15) is 0 Å². The average Bonchev–Trinajstić information content (AvgIpc) is 2.34. The van der Waals surface area contributed by atoms with E-state index in [1.165, 1.54) is 64.7 Å². The fourth-order valence-electron chi connectivity index (χ4n) is 3.19. The third-order valence-corrected chi connectivity index (χ3v) is 4.04. The maximum Gasteiger partial charge on any atom is 0.00719 e. The van der Waals surface area contributed by atoms with Crippen LogP contribution >= 0.6 is 0 Å². The molecule has 19 heavy (non-hydrogen) atoms. The first-order chi connectivity index (χ1) is 9.08. The molecule has 2 heteroatoms. The topological polar surface area (TPSA) is 15.3 Å². The van der Waals surface area contributed by atoms with Crippen LogP contribution in [0.4, 0.5) is 0 Å². The van der Waals surface area contributed by atoms with Crippen molar-refractivity contribution in [2.45, 2.75) is 72.3 Å². The van der Waals surface area contributed by atoms with Crippen molar-refractivity contribution in [3.63, 3.8) is 0 Å². The first kappa shape index (κ1) is 17.0. The Labute approximate surface area is 121 Å². The molecule has 0 spiro atoms. The van der Waals surface area contributed by atoms with Gasteiger partial charge in [0.15, 0.2) is 0 Å². The molecule has 0 atom stereocenters. The van der Waals surface area contributed by atoms with Gasteiger partial charge in [0.1, 0.15) is 0 Å². The van der Waals surface area contributed by atoms with Crippen LogP contribution in [0.25, 0.3) is 0 Å². The Morgan fingerprint density at radius 1 is 0.895 bits per heavy atom. The van der Waals surface area contributed by atoms with Crippen molar-refractivity contribution >= 4 is 0 Å². The SMILES string of the molecule is CC(C)CC(CC(C)C)NCCCN1CCCCC1. The summed E-state index contributed by atoms with van der Waals surface area (Å²) in [6, 6.07) is 0.723. The standard InChI is InChI=1S/C17H36N2/c1-15(2)13-17(14-16(3)4)18-9-8-12-19-10-6-5-7-11-19/h15-18H,5-14H2,1-4H3. The Morgan fingerprint density at radius 2 is 1.47 bits per heavy atom. The van der Waals surface area contributed by atoms with E-state index in [1.54, 1.807) is 0 Å². The Kier molecular flexibility index (Phi) is 8.72. The van der Waals surface area contributed by atoms with Gasteiger partial charge in [0.2, 0.25) is 0 Å². The summed E-state index contributed by atoms with van der Waals surface area (Å²) in [6.45, 7) is 14.5. The van der Waals surface area contributed by atoms with Gasteiger partial charge in [0, 0.05) is 6.04 Å². The van der Waals surface area contributed by atoms with Crippen LogP contribution in [-0.4, -0.2) is 37.1 Å². The van der Waals surface area contributed by atoms with Gasteiger partial charge in [-0.2, -0.15) is 0 Å². The zero-order valence-corrected chi connectivity index (χ0v) is 13.8. The first-order valence-corrected chi connectivity index (χ1v) is 8.53. The second kappa shape index (κ2) is 9.77. The van der Waals surface area contributed by atoms with E-state index in [2.05, 4.69) is 37.9 Å². The van der Waals surface area contributed by atoms with Gasteiger partial charge in [-0.25, -0.2) is 0 Å². The van der Waals surface area contributed by atoms with Crippen molar-refractivity contribution in [2.75, 3.05) is 26.2 Å². The molecule has 1 rings (SSSR count). The highest BCUT2D eigenvalue weighted by molar-refractivity contribution is 4.71. The lowest BCUT2D eigenvalue weighted by molar-refractivity contribution is 0.223. The summed E-state index contributed by atoms with van der Waals surface area (Å²) in [7, 11) is 0. The monoisotopic (exact) mass is 268 g/mol. The minimum absolute atomic E-state index is 0.723. The molecule has 0 aromatic heterocycles. The highest BCUT2D eigenvalue weighted by Crippen LogP contribution is 2.13. The summed E-state index contributed by atoms with van der Waals surface area (Å²) < 4.78 is 0. The first-order valence-electron chi connectivity index (χ1n) is 8.53. The molecule has 0 amide bonds. The molecule has 1 fully saturated rings. The lowest BCUT2D eigenvalue weighted by atomic mass is 9.95. The molecule has 1 heterocycles. The Morgan fingerprint density at radius 3 is 2.00 bits per heavy atom. The zero-order chi connectivity index (χ0) is 14.1. The molecule has 0 bridgehead atoms. The number of nitrogens with one attached hydrogen (secondary N) is 1. The summed E-state index contributed by atoms with van der Waals surface area (Å²) in [4.78, 5) is 2.64. The smallest absolute Gasteiger partial charge is 0.00719 e. The quantitative estimate of drug-likeness (QED) is 0.638. The Hall–Kier alpha value is -0.0800. The van der Waals surface area contributed by atoms with Gasteiger partial charge in [0.25, 0.3) is 0 Å². The summed E-state index contributed by atoms with van der Waals surface area (Å²) >= 11 is 0. The van der Waals surface area contributed by atoms with Crippen LogP contribution in [0, 0.1) is 11.8 Å². The third kappa shape index (κ3) is 8.65. The molecule has 1 aliphatic heterocycles. The van der Waals surface area contributed by atoms with Gasteiger partial charge >= 0.3 is 0 Å². The van der Waals surface area contributed by atoms with Crippen LogP contribution in [0.1, 0.15) is 66.2 Å². The molecule has 2 nitrogen and oxygen atoms in total. The van der Waals surface area contributed by atoms with Gasteiger partial charge < -0.3 is 10.2 Å². The number of rotatable bonds is 9. The van der Waals surface area contributed by atoms with Gasteiger partial charge in [-0.15, -0.1) is 0 Å². The molecular weight excluding hydrogens is 232 g/mol. The van der Waals surface area contributed by atoms with E-state index < -0.39 is 0 Å². The third-order valence-electron chi connectivity index (χ3n) is 4.04. The second-order valence-electron chi connectivity index (χ2n) is 7.17. The zero-order valence-electron chi connectivity index (χ0n) is 13.8. The maximum absolute atomic E-state index is 3.80. The number of hydrogen-bond acceptors (Lipinski definition) is 2. The fraction of sp³-hybridized carbons (Fsp3) is 1.00. The number of nitrogens with zero attached hydrogens (tertiary/aromatic N) is 1. The highest BCUT2D eigenvalue weighted by Gasteiger charge is 2.13. The van der Waals surface area contributed by atoms with E-state index in [0.717, 1.165) is 17.9 Å². The van der Waals surface area contributed by atoms with Crippen molar-refractivity contribution in [3.8, 4) is 0 Å². The van der Waals surface area contributed by atoms with E-state index in [1.807, 2.05) is 0 Å². The van der Waals surface area contributed by atoms with Crippen LogP contribution < -0.4 is 5.32 Å². The second-order valence-corrected chi connectivity index (χ2v) is 7.17. The molecule has 0 saturated carbocycles. The largest absolute Gasteiger partial charge is 0.314 e. The van der Waals surface area contributed by atoms with Crippen LogP contribution in [0.15, 0.2) is 0 Å². The van der Waals surface area contributed by atoms with Crippen LogP contribution in [-0.2, 0) is 0 Å². The molecule has 1 saturated heterocycles. The molecule has 114 valence electrons. The van der Waals surface area contributed by atoms with Crippen molar-refractivity contribution in [2.24, 2.45) is 11.8 Å². The average molecular weight is 268 g/mol. The molecule has 1 N–H and O–H groups in total. The maximum atomic E-state index is 3.80. The Balaban J connectivity index is 2.12.